The lowest BCUT2D eigenvalue weighted by molar-refractivity contribution is 0.103. The number of aryl methyl sites for hydroxylation is 1. The number of carbonyl (C=O) groups excluding carboxylic acids is 1. The number of hydrogen-bond donors (Lipinski definition) is 1. The van der Waals surface area contributed by atoms with Crippen LogP contribution in [0.3, 0.4) is 0 Å². The fraction of sp³-hybridized carbons (Fsp3) is 0.278. The molecule has 1 aliphatic heterocycles. The van der Waals surface area contributed by atoms with Gasteiger partial charge in [0.1, 0.15) is 17.0 Å². The topological polar surface area (TPSA) is 58.1 Å². The summed E-state index contributed by atoms with van der Waals surface area (Å²) in [7, 11) is 0. The molecule has 7 heteroatoms. The molecule has 1 aromatic carbocycles. The van der Waals surface area contributed by atoms with E-state index in [0.717, 1.165) is 44.8 Å². The maximum atomic E-state index is 12.8. The molecule has 25 heavy (non-hydrogen) atoms. The molecule has 0 bridgehead atoms. The number of nitrogens with zero attached hydrogens (tertiary/aromatic N) is 3. The van der Waals surface area contributed by atoms with Crippen molar-refractivity contribution in [3.8, 4) is 0 Å². The van der Waals surface area contributed by atoms with Gasteiger partial charge in [0.2, 0.25) is 0 Å². The minimum absolute atomic E-state index is 0.111. The molecule has 0 spiro atoms. The Bertz CT molecular complexity index is 949. The van der Waals surface area contributed by atoms with Gasteiger partial charge in [0.25, 0.3) is 5.91 Å². The molecule has 1 aliphatic rings. The first-order chi connectivity index (χ1) is 12.1. The van der Waals surface area contributed by atoms with Gasteiger partial charge < -0.3 is 10.2 Å². The maximum absolute atomic E-state index is 12.8. The van der Waals surface area contributed by atoms with Crippen molar-refractivity contribution in [1.29, 1.82) is 0 Å². The van der Waals surface area contributed by atoms with Crippen LogP contribution in [-0.4, -0.2) is 29.0 Å². The number of hydrogen-bond acceptors (Lipinski definition) is 5. The van der Waals surface area contributed by atoms with E-state index < -0.39 is 0 Å². The quantitative estimate of drug-likeness (QED) is 0.676. The number of nitrogens with one attached hydrogen (secondary N) is 1. The molecule has 0 atom stereocenters. The van der Waals surface area contributed by atoms with Crippen LogP contribution in [0.2, 0.25) is 0 Å². The van der Waals surface area contributed by atoms with E-state index in [1.54, 1.807) is 6.33 Å². The summed E-state index contributed by atoms with van der Waals surface area (Å²) in [6, 6.07) is 7.60. The van der Waals surface area contributed by atoms with Gasteiger partial charge in [-0.2, -0.15) is 0 Å². The predicted molar refractivity (Wildman–Crippen MR) is 106 cm³/mol. The van der Waals surface area contributed by atoms with Crippen molar-refractivity contribution in [1.82, 2.24) is 9.97 Å². The van der Waals surface area contributed by atoms with Crippen LogP contribution in [0.25, 0.3) is 10.2 Å². The number of aromatic nitrogens is 2. The van der Waals surface area contributed by atoms with Crippen molar-refractivity contribution in [3.05, 3.63) is 45.5 Å². The van der Waals surface area contributed by atoms with Gasteiger partial charge in [0, 0.05) is 17.6 Å². The van der Waals surface area contributed by atoms with Gasteiger partial charge >= 0.3 is 0 Å². The third-order valence-corrected chi connectivity index (χ3v) is 6.33. The van der Waals surface area contributed by atoms with Crippen LogP contribution in [0.1, 0.15) is 28.1 Å². The van der Waals surface area contributed by atoms with Gasteiger partial charge in [0.15, 0.2) is 0 Å². The molecule has 0 saturated carbocycles. The molecule has 1 amide bonds. The SMILES string of the molecule is Cc1c(C(=O)Nc2ccccc2Br)sc2ncnc(N3CCCC3)c12. The lowest BCUT2D eigenvalue weighted by atomic mass is 10.2. The molecular weight excluding hydrogens is 400 g/mol. The summed E-state index contributed by atoms with van der Waals surface area (Å²) in [6.45, 7) is 4.01. The third-order valence-electron chi connectivity index (χ3n) is 4.44. The molecule has 5 nitrogen and oxygen atoms in total. The Morgan fingerprint density at radius 3 is 2.76 bits per heavy atom. The van der Waals surface area contributed by atoms with E-state index in [2.05, 4.69) is 36.1 Å². The molecule has 0 radical (unpaired) electrons. The van der Waals surface area contributed by atoms with Gasteiger partial charge in [-0.1, -0.05) is 12.1 Å². The van der Waals surface area contributed by atoms with Gasteiger partial charge in [-0.15, -0.1) is 11.3 Å². The highest BCUT2D eigenvalue weighted by Crippen LogP contribution is 2.36. The van der Waals surface area contributed by atoms with E-state index in [1.807, 2.05) is 31.2 Å². The fourth-order valence-corrected chi connectivity index (χ4v) is 4.60. The first kappa shape index (κ1) is 16.5. The second kappa shape index (κ2) is 6.72. The molecule has 3 aromatic rings. The summed E-state index contributed by atoms with van der Waals surface area (Å²) in [5.41, 5.74) is 1.71. The molecule has 4 rings (SSSR count). The number of amides is 1. The lowest BCUT2D eigenvalue weighted by Crippen LogP contribution is -2.19. The number of anilines is 2. The van der Waals surface area contributed by atoms with Crippen LogP contribution in [0.15, 0.2) is 35.1 Å². The predicted octanol–water partition coefficient (Wildman–Crippen LogP) is 4.61. The summed E-state index contributed by atoms with van der Waals surface area (Å²) in [5.74, 6) is 0.843. The summed E-state index contributed by atoms with van der Waals surface area (Å²) in [4.78, 5) is 25.5. The normalized spacial score (nSPS) is 14.2. The molecule has 128 valence electrons. The largest absolute Gasteiger partial charge is 0.356 e. The van der Waals surface area contributed by atoms with Crippen LogP contribution in [0, 0.1) is 6.92 Å². The number of carbonyl (C=O) groups is 1. The van der Waals surface area contributed by atoms with E-state index in [0.29, 0.717) is 4.88 Å². The number of fused-ring (bicyclic) bond motifs is 1. The monoisotopic (exact) mass is 416 g/mol. The van der Waals surface area contributed by atoms with Crippen LogP contribution >= 0.6 is 27.3 Å². The molecule has 1 fully saturated rings. The summed E-state index contributed by atoms with van der Waals surface area (Å²) >= 11 is 4.89. The smallest absolute Gasteiger partial charge is 0.266 e. The van der Waals surface area contributed by atoms with Crippen molar-refractivity contribution in [2.24, 2.45) is 0 Å². The second-order valence-corrected chi connectivity index (χ2v) is 7.92. The van der Waals surface area contributed by atoms with Crippen molar-refractivity contribution < 1.29 is 4.79 Å². The zero-order valence-corrected chi connectivity index (χ0v) is 16.2. The number of rotatable bonds is 3. The Hall–Kier alpha value is -1.99. The van der Waals surface area contributed by atoms with E-state index in [1.165, 1.54) is 24.2 Å². The average Bonchev–Trinajstić information content (AvgIpc) is 3.25. The highest BCUT2D eigenvalue weighted by Gasteiger charge is 2.23. The molecule has 0 unspecified atom stereocenters. The Morgan fingerprint density at radius 2 is 2.00 bits per heavy atom. The van der Waals surface area contributed by atoms with Crippen molar-refractivity contribution in [3.63, 3.8) is 0 Å². The lowest BCUT2D eigenvalue weighted by Gasteiger charge is -2.17. The highest BCUT2D eigenvalue weighted by atomic mass is 79.9. The number of benzene rings is 1. The Balaban J connectivity index is 1.73. The third kappa shape index (κ3) is 3.02. The fourth-order valence-electron chi connectivity index (χ4n) is 3.18. The minimum atomic E-state index is -0.111. The van der Waals surface area contributed by atoms with Crippen LogP contribution in [0.5, 0.6) is 0 Å². The molecule has 2 aromatic heterocycles. The Kier molecular flexibility index (Phi) is 4.43. The van der Waals surface area contributed by atoms with Gasteiger partial charge in [0.05, 0.1) is 16.0 Å². The number of thiophene rings is 1. The van der Waals surface area contributed by atoms with Gasteiger partial charge in [-0.25, -0.2) is 9.97 Å². The Morgan fingerprint density at radius 1 is 1.24 bits per heavy atom. The van der Waals surface area contributed by atoms with Crippen molar-refractivity contribution >= 4 is 54.9 Å². The van der Waals surface area contributed by atoms with Gasteiger partial charge in [-0.05, 0) is 53.4 Å². The standard InChI is InChI=1S/C18H17BrN4OS/c1-11-14-16(23-8-4-5-9-23)20-10-21-18(14)25-15(11)17(24)22-13-7-3-2-6-12(13)19/h2-3,6-7,10H,4-5,8-9H2,1H3,(H,22,24). The van der Waals surface area contributed by atoms with E-state index in [9.17, 15) is 4.79 Å². The second-order valence-electron chi connectivity index (χ2n) is 6.06. The average molecular weight is 417 g/mol. The van der Waals surface area contributed by atoms with E-state index >= 15 is 0 Å². The minimum Gasteiger partial charge on any atom is -0.356 e. The first-order valence-electron chi connectivity index (χ1n) is 8.20. The van der Waals surface area contributed by atoms with Crippen molar-refractivity contribution in [2.75, 3.05) is 23.3 Å². The van der Waals surface area contributed by atoms with Crippen LogP contribution in [0.4, 0.5) is 11.5 Å². The van der Waals surface area contributed by atoms with Crippen LogP contribution < -0.4 is 10.2 Å². The van der Waals surface area contributed by atoms with Crippen LogP contribution in [-0.2, 0) is 0 Å². The maximum Gasteiger partial charge on any atom is 0.266 e. The zero-order chi connectivity index (χ0) is 17.4. The molecule has 1 saturated heterocycles. The number of para-hydroxylation sites is 1. The van der Waals surface area contributed by atoms with E-state index in [-0.39, 0.29) is 5.91 Å². The molecule has 3 heterocycles. The van der Waals surface area contributed by atoms with Gasteiger partial charge in [-0.3, -0.25) is 4.79 Å². The molecule has 1 N–H and O–H groups in total. The highest BCUT2D eigenvalue weighted by molar-refractivity contribution is 9.10. The summed E-state index contributed by atoms with van der Waals surface area (Å²) < 4.78 is 0.861. The summed E-state index contributed by atoms with van der Waals surface area (Å²) in [5, 5.41) is 3.99. The first-order valence-corrected chi connectivity index (χ1v) is 9.81. The molecule has 0 aliphatic carbocycles. The van der Waals surface area contributed by atoms with E-state index in [4.69, 9.17) is 0 Å². The molecular formula is C18H17BrN4OS. The zero-order valence-electron chi connectivity index (χ0n) is 13.8. The van der Waals surface area contributed by atoms with Crippen molar-refractivity contribution in [2.45, 2.75) is 19.8 Å². The number of halogens is 1. The Labute approximate surface area is 158 Å². The summed E-state index contributed by atoms with van der Waals surface area (Å²) in [6.07, 6.45) is 3.97.